The molecule has 17 heavy (non-hydrogen) atoms. The maximum Gasteiger partial charge on any atom is 0.174 e. The van der Waals surface area contributed by atoms with Crippen molar-refractivity contribution in [3.8, 4) is 0 Å². The number of fused-ring (bicyclic) bond motifs is 5. The lowest BCUT2D eigenvalue weighted by molar-refractivity contribution is -0.129. The molecule has 0 aromatic carbocycles. The summed E-state index contributed by atoms with van der Waals surface area (Å²) >= 11 is 2.86. The standard InChI is InChI=1S/C13H14O2S2/c1-16-12-10(14)8-6-3-4-7(5-6)9(8)11(15)13(12)17-2/h3-4,6-9H,5H2,1-2H3/t6-,7+,8?,9?. The van der Waals surface area contributed by atoms with Crippen molar-refractivity contribution < 1.29 is 9.59 Å². The van der Waals surface area contributed by atoms with E-state index in [9.17, 15) is 9.59 Å². The van der Waals surface area contributed by atoms with Crippen LogP contribution in [0.3, 0.4) is 0 Å². The number of Topliss-reactive ketones (excluding diaryl/α,β-unsaturated/α-hetero) is 2. The van der Waals surface area contributed by atoms with Crippen LogP contribution >= 0.6 is 23.5 Å². The van der Waals surface area contributed by atoms with Crippen molar-refractivity contribution in [3.05, 3.63) is 22.0 Å². The fourth-order valence-corrected chi connectivity index (χ4v) is 5.20. The maximum atomic E-state index is 12.5. The average Bonchev–Trinajstić information content (AvgIpc) is 2.93. The molecule has 2 bridgehead atoms. The van der Waals surface area contributed by atoms with E-state index in [0.717, 1.165) is 6.42 Å². The van der Waals surface area contributed by atoms with Crippen molar-refractivity contribution in [1.29, 1.82) is 0 Å². The number of allylic oxidation sites excluding steroid dienone is 4. The Kier molecular flexibility index (Phi) is 2.75. The van der Waals surface area contributed by atoms with E-state index in [1.54, 1.807) is 0 Å². The van der Waals surface area contributed by atoms with Crippen LogP contribution in [0, 0.1) is 23.7 Å². The number of carbonyl (C=O) groups is 2. The van der Waals surface area contributed by atoms with Crippen LogP contribution in [-0.4, -0.2) is 24.1 Å². The molecule has 0 aromatic rings. The van der Waals surface area contributed by atoms with E-state index in [2.05, 4.69) is 12.2 Å². The summed E-state index contributed by atoms with van der Waals surface area (Å²) in [6.07, 6.45) is 9.05. The van der Waals surface area contributed by atoms with Gasteiger partial charge >= 0.3 is 0 Å². The van der Waals surface area contributed by atoms with E-state index in [0.29, 0.717) is 21.6 Å². The highest BCUT2D eigenvalue weighted by atomic mass is 32.2. The fraction of sp³-hybridized carbons (Fsp3) is 0.538. The molecule has 0 saturated heterocycles. The summed E-state index contributed by atoms with van der Waals surface area (Å²) in [7, 11) is 0. The molecule has 0 aromatic heterocycles. The summed E-state index contributed by atoms with van der Waals surface area (Å²) in [5.41, 5.74) is 0. The van der Waals surface area contributed by atoms with E-state index in [-0.39, 0.29) is 23.4 Å². The average molecular weight is 266 g/mol. The van der Waals surface area contributed by atoms with Crippen LogP contribution < -0.4 is 0 Å². The molecule has 4 atom stereocenters. The Hall–Kier alpha value is -0.480. The summed E-state index contributed by atoms with van der Waals surface area (Å²) in [5.74, 6) is 0.928. The quantitative estimate of drug-likeness (QED) is 0.719. The molecule has 0 aliphatic heterocycles. The van der Waals surface area contributed by atoms with Gasteiger partial charge in [-0.2, -0.15) is 0 Å². The molecule has 0 N–H and O–H groups in total. The molecule has 3 rings (SSSR count). The van der Waals surface area contributed by atoms with Crippen LogP contribution in [0.4, 0.5) is 0 Å². The second kappa shape index (κ2) is 4.02. The SMILES string of the molecule is CSC1=C(SC)C(=O)C2C(C1=O)[C@@H]1C=C[C@H]2C1. The van der Waals surface area contributed by atoms with Crippen molar-refractivity contribution in [2.24, 2.45) is 23.7 Å². The first-order chi connectivity index (χ1) is 8.19. The van der Waals surface area contributed by atoms with Gasteiger partial charge in [0.15, 0.2) is 11.6 Å². The minimum absolute atomic E-state index is 0.0594. The first kappa shape index (κ1) is 11.6. The first-order valence-corrected chi connectivity index (χ1v) is 8.23. The van der Waals surface area contributed by atoms with Gasteiger partial charge in [-0.3, -0.25) is 9.59 Å². The van der Waals surface area contributed by atoms with Gasteiger partial charge in [0.25, 0.3) is 0 Å². The maximum absolute atomic E-state index is 12.5. The van der Waals surface area contributed by atoms with Crippen LogP contribution in [0.25, 0.3) is 0 Å². The van der Waals surface area contributed by atoms with Crippen LogP contribution in [0.1, 0.15) is 6.42 Å². The van der Waals surface area contributed by atoms with Gasteiger partial charge in [-0.25, -0.2) is 0 Å². The molecule has 0 radical (unpaired) electrons. The Bertz CT molecular complexity index is 424. The molecule has 2 unspecified atom stereocenters. The predicted molar refractivity (Wildman–Crippen MR) is 71.8 cm³/mol. The number of hydrogen-bond acceptors (Lipinski definition) is 4. The van der Waals surface area contributed by atoms with Crippen molar-refractivity contribution in [2.75, 3.05) is 12.5 Å². The second-order valence-electron chi connectivity index (χ2n) is 4.79. The highest BCUT2D eigenvalue weighted by Crippen LogP contribution is 2.54. The van der Waals surface area contributed by atoms with Gasteiger partial charge in [-0.15, -0.1) is 23.5 Å². The lowest BCUT2D eigenvalue weighted by Crippen LogP contribution is -2.38. The van der Waals surface area contributed by atoms with Crippen LogP contribution in [0.5, 0.6) is 0 Å². The van der Waals surface area contributed by atoms with E-state index in [1.165, 1.54) is 23.5 Å². The Labute approximate surface area is 109 Å². The Balaban J connectivity index is 2.10. The summed E-state index contributed by atoms with van der Waals surface area (Å²) in [6, 6.07) is 0. The van der Waals surface area contributed by atoms with E-state index < -0.39 is 0 Å². The number of rotatable bonds is 2. The van der Waals surface area contributed by atoms with Crippen LogP contribution in [-0.2, 0) is 9.59 Å². The molecule has 4 heteroatoms. The minimum Gasteiger partial charge on any atom is -0.293 e. The molecule has 1 fully saturated rings. The van der Waals surface area contributed by atoms with E-state index in [1.807, 2.05) is 12.5 Å². The summed E-state index contributed by atoms with van der Waals surface area (Å²) in [6.45, 7) is 0. The van der Waals surface area contributed by atoms with Crippen LogP contribution in [0.15, 0.2) is 22.0 Å². The van der Waals surface area contributed by atoms with Gasteiger partial charge in [0.2, 0.25) is 0 Å². The smallest absolute Gasteiger partial charge is 0.174 e. The molecule has 3 aliphatic carbocycles. The minimum atomic E-state index is -0.0594. The largest absolute Gasteiger partial charge is 0.293 e. The number of carbonyl (C=O) groups excluding carboxylic acids is 2. The Morgan fingerprint density at radius 1 is 0.941 bits per heavy atom. The third kappa shape index (κ3) is 1.43. The van der Waals surface area contributed by atoms with Crippen molar-refractivity contribution in [1.82, 2.24) is 0 Å². The molecular weight excluding hydrogens is 252 g/mol. The van der Waals surface area contributed by atoms with Gasteiger partial charge in [0.05, 0.1) is 9.81 Å². The lowest BCUT2D eigenvalue weighted by atomic mass is 9.74. The second-order valence-corrected chi connectivity index (χ2v) is 6.43. The zero-order valence-electron chi connectivity index (χ0n) is 9.80. The number of hydrogen-bond donors (Lipinski definition) is 0. The monoisotopic (exact) mass is 266 g/mol. The lowest BCUT2D eigenvalue weighted by Gasteiger charge is -2.31. The zero-order chi connectivity index (χ0) is 12.2. The highest BCUT2D eigenvalue weighted by Gasteiger charge is 2.55. The van der Waals surface area contributed by atoms with Gasteiger partial charge in [-0.05, 0) is 30.8 Å². The van der Waals surface area contributed by atoms with Crippen molar-refractivity contribution in [3.63, 3.8) is 0 Å². The van der Waals surface area contributed by atoms with Crippen molar-refractivity contribution >= 4 is 35.1 Å². The van der Waals surface area contributed by atoms with E-state index in [4.69, 9.17) is 0 Å². The third-order valence-electron chi connectivity index (χ3n) is 4.13. The highest BCUT2D eigenvalue weighted by molar-refractivity contribution is 8.07. The zero-order valence-corrected chi connectivity index (χ0v) is 11.4. The summed E-state index contributed by atoms with van der Waals surface area (Å²) in [4.78, 5) is 26.3. The fourth-order valence-electron chi connectivity index (χ4n) is 3.45. The topological polar surface area (TPSA) is 34.1 Å². The number of ketones is 2. The normalized spacial score (nSPS) is 39.2. The van der Waals surface area contributed by atoms with Crippen LogP contribution in [0.2, 0.25) is 0 Å². The Morgan fingerprint density at radius 2 is 1.35 bits per heavy atom. The summed E-state index contributed by atoms with van der Waals surface area (Å²) in [5, 5.41) is 0. The summed E-state index contributed by atoms with van der Waals surface area (Å²) < 4.78 is 0. The molecule has 2 nitrogen and oxygen atoms in total. The van der Waals surface area contributed by atoms with E-state index >= 15 is 0 Å². The first-order valence-electron chi connectivity index (χ1n) is 5.78. The Morgan fingerprint density at radius 3 is 1.71 bits per heavy atom. The third-order valence-corrected chi connectivity index (χ3v) is 5.88. The molecular formula is C13H14O2S2. The van der Waals surface area contributed by atoms with Gasteiger partial charge < -0.3 is 0 Å². The molecule has 1 saturated carbocycles. The molecule has 3 aliphatic rings. The van der Waals surface area contributed by atoms with Gasteiger partial charge in [-0.1, -0.05) is 12.2 Å². The molecule has 0 spiro atoms. The molecule has 90 valence electrons. The number of thioether (sulfide) groups is 2. The molecule has 0 heterocycles. The molecule has 0 amide bonds. The van der Waals surface area contributed by atoms with Gasteiger partial charge in [0, 0.05) is 11.8 Å². The predicted octanol–water partition coefficient (Wildman–Crippen LogP) is 2.51. The van der Waals surface area contributed by atoms with Gasteiger partial charge in [0.1, 0.15) is 0 Å². The van der Waals surface area contributed by atoms with Crippen molar-refractivity contribution in [2.45, 2.75) is 6.42 Å².